The summed E-state index contributed by atoms with van der Waals surface area (Å²) < 4.78 is 10.0. The van der Waals surface area contributed by atoms with E-state index in [0.29, 0.717) is 5.95 Å². The van der Waals surface area contributed by atoms with E-state index < -0.39 is 0 Å². The van der Waals surface area contributed by atoms with Crippen LogP contribution in [0, 0.1) is 6.08 Å². The molecule has 0 spiro atoms. The molecule has 8 aromatic heterocycles. The molecule has 518 valence electrons. The van der Waals surface area contributed by atoms with Crippen molar-refractivity contribution in [1.29, 1.82) is 0 Å². The summed E-state index contributed by atoms with van der Waals surface area (Å²) in [5.41, 5.74) is 19.1. The largest absolute Gasteiger partial charge is 0.300 e. The molecule has 1 N–H and O–H groups in total. The van der Waals surface area contributed by atoms with Crippen molar-refractivity contribution in [2.45, 2.75) is 0 Å². The van der Waals surface area contributed by atoms with E-state index in [1.54, 1.807) is 22.7 Å². The monoisotopic (exact) mass is 1510 g/mol. The second-order valence-electron chi connectivity index (χ2n) is 28.0. The Morgan fingerprint density at radius 1 is 0.306 bits per heavy atom. The van der Waals surface area contributed by atoms with Crippen LogP contribution in [0.25, 0.3) is 220 Å². The Hall–Kier alpha value is -13.1. The van der Waals surface area contributed by atoms with Crippen LogP contribution in [0.1, 0.15) is 11.3 Å². The zero-order valence-electron chi connectivity index (χ0n) is 59.2. The number of halogens is 1. The zero-order chi connectivity index (χ0) is 73.2. The van der Waals surface area contributed by atoms with E-state index in [-0.39, 0.29) is 5.28 Å². The molecule has 1 aliphatic carbocycles. The van der Waals surface area contributed by atoms with Crippen molar-refractivity contribution in [3.63, 3.8) is 0 Å². The molecule has 8 heterocycles. The zero-order valence-corrected chi connectivity index (χ0v) is 63.2. The van der Waals surface area contributed by atoms with E-state index in [4.69, 9.17) is 26.6 Å². The smallest absolute Gasteiger partial charge is 0.236 e. The van der Waals surface area contributed by atoms with Gasteiger partial charge >= 0.3 is 0 Å². The van der Waals surface area contributed by atoms with Crippen LogP contribution >= 0.6 is 56.9 Å². The maximum atomic E-state index is 6.40. The van der Waals surface area contributed by atoms with Gasteiger partial charge in [-0.2, -0.15) is 0 Å². The Kier molecular flexibility index (Phi) is 15.6. The molecule has 6 nitrogen and oxygen atoms in total. The van der Waals surface area contributed by atoms with Crippen LogP contribution in [0.2, 0.25) is 5.28 Å². The van der Waals surface area contributed by atoms with Gasteiger partial charge in [0.15, 0.2) is 5.69 Å². The molecule has 0 aliphatic heterocycles. The molecule has 15 aromatic carbocycles. The van der Waals surface area contributed by atoms with Gasteiger partial charge in [-0.1, -0.05) is 261 Å². The number of hydrogen-bond donors (Lipinski definition) is 1. The van der Waals surface area contributed by atoms with Crippen molar-refractivity contribution in [3.05, 3.63) is 356 Å². The number of aromatic amines is 1. The average Bonchev–Trinajstić information content (AvgIpc) is 1.36. The van der Waals surface area contributed by atoms with Crippen molar-refractivity contribution >= 4 is 204 Å². The Balaban J connectivity index is 0.000000114. The van der Waals surface area contributed by atoms with Gasteiger partial charge in [-0.05, 0) is 134 Å². The number of H-pyrrole nitrogens is 1. The van der Waals surface area contributed by atoms with Crippen LogP contribution in [0.15, 0.2) is 334 Å². The lowest BCUT2D eigenvalue weighted by Crippen LogP contribution is -2.03. The lowest BCUT2D eigenvalue weighted by molar-refractivity contribution is 1.02. The second kappa shape index (κ2) is 26.6. The predicted octanol–water partition coefficient (Wildman–Crippen LogP) is 29.5. The van der Waals surface area contributed by atoms with Crippen molar-refractivity contribution < 1.29 is 0 Å². The van der Waals surface area contributed by atoms with Gasteiger partial charge < -0.3 is 0 Å². The number of allylic oxidation sites excluding steroid dienone is 2. The van der Waals surface area contributed by atoms with Crippen LogP contribution < -0.4 is 0 Å². The third-order valence-electron chi connectivity index (χ3n) is 21.6. The van der Waals surface area contributed by atoms with Crippen molar-refractivity contribution in [3.8, 4) is 73.0 Å². The predicted molar refractivity (Wildman–Crippen MR) is 478 cm³/mol. The minimum absolute atomic E-state index is 0.269. The van der Waals surface area contributed by atoms with Gasteiger partial charge in [-0.15, -0.1) is 45.3 Å². The average molecular weight is 1510 g/mol. The van der Waals surface area contributed by atoms with E-state index in [9.17, 15) is 0 Å². The quantitative estimate of drug-likeness (QED) is 0.127. The number of nitrogens with zero attached hydrogens (tertiary/aromatic N) is 5. The molecule has 0 atom stereocenters. The minimum atomic E-state index is 0.269. The summed E-state index contributed by atoms with van der Waals surface area (Å²) in [5.74, 6) is 0.679. The first kappa shape index (κ1) is 65.0. The molecule has 24 rings (SSSR count). The van der Waals surface area contributed by atoms with E-state index in [2.05, 4.69) is 342 Å². The molecule has 0 unspecified atom stereocenters. The summed E-state index contributed by atoms with van der Waals surface area (Å²) in [6.07, 6.45) is 9.41. The van der Waals surface area contributed by atoms with E-state index in [1.165, 1.54) is 115 Å². The second-order valence-corrected chi connectivity index (χ2v) is 32.5. The van der Waals surface area contributed by atoms with E-state index >= 15 is 0 Å². The van der Waals surface area contributed by atoms with Crippen LogP contribution in [-0.4, -0.2) is 29.5 Å². The fraction of sp³-hybridized carbons (Fsp3) is 0. The van der Waals surface area contributed by atoms with Crippen LogP contribution in [0.3, 0.4) is 0 Å². The van der Waals surface area contributed by atoms with Crippen LogP contribution in [-0.2, 0) is 0 Å². The Morgan fingerprint density at radius 3 is 1.19 bits per heavy atom. The summed E-state index contributed by atoms with van der Waals surface area (Å²) >= 11 is 13.6. The lowest BCUT2D eigenvalue weighted by Gasteiger charge is -2.14. The maximum absolute atomic E-state index is 6.40. The molecule has 111 heavy (non-hydrogen) atoms. The van der Waals surface area contributed by atoms with Gasteiger partial charge in [0.1, 0.15) is 27.4 Å². The van der Waals surface area contributed by atoms with Gasteiger partial charge in [-0.3, -0.25) is 9.55 Å². The lowest BCUT2D eigenvalue weighted by atomic mass is 9.94. The summed E-state index contributed by atoms with van der Waals surface area (Å²) in [4.78, 5) is 26.1. The number of nitrogens with one attached hydrogen (secondary N) is 1. The molecule has 11 heteroatoms. The van der Waals surface area contributed by atoms with E-state index in [1.807, 2.05) is 47.0 Å². The third kappa shape index (κ3) is 10.9. The van der Waals surface area contributed by atoms with Gasteiger partial charge in [0.25, 0.3) is 0 Å². The first-order valence-electron chi connectivity index (χ1n) is 36.9. The Bertz CT molecular complexity index is 7660. The fourth-order valence-corrected chi connectivity index (χ4v) is 21.6. The number of thiophene rings is 4. The number of hydrogen-bond acceptors (Lipinski definition) is 8. The highest BCUT2D eigenvalue weighted by Crippen LogP contribution is 2.51. The summed E-state index contributed by atoms with van der Waals surface area (Å²) in [6.45, 7) is 0. The maximum Gasteiger partial charge on any atom is 0.236 e. The molecule has 0 amide bonds. The normalized spacial score (nSPS) is 12.0. The number of benzene rings is 15. The molecule has 23 aromatic rings. The highest BCUT2D eigenvalue weighted by molar-refractivity contribution is 7.27. The van der Waals surface area contributed by atoms with Gasteiger partial charge in [-0.25, -0.2) is 19.9 Å². The number of aromatic nitrogens is 6. The standard InChI is InChI=1S/C50H29N3S2.C28H17ClN2S.C22H12NS/c1-3-15-30(16-4-1)32-27-33(31-17-5-2-6-18-31)29-34(28-32)46-44-38-22-10-14-26-42(38)55-49(44)52-50(51-46)53-40-24-12-9-21-37(40)43-35-19-7-8-20-36(35)48-45(47(43)53)39-23-11-13-25-41(39)54-48;29-28-30-26(25-23-13-7-8-14-24(23)32-27(25)31-28)22-16-20(18-9-3-1-4-10-18)15-21(17-22)19-11-5-2-6-12-19;1-2-8-14-13(7-1)19-15-9-3-5-11-17(15)23-21(19)20-16-10-4-6-12-18(16)24-22(14)20/h1-29H;1-17H;1-4,6-12,23H/q;;+1. The SMILES string of the molecule is Clc1nc(-c2cc(-c3ccccc3)cc(-c3ccccc3)c2)c2c(n1)sc1ccccc12.[C+]1=Cc2[nH]c3c(c2C=C1)c1ccccc1c1sc2ccccc2c31.c1ccc(-c2cc(-c3ccccc3)cc(-c3nc(-n4c5ccccc5c5c6ccccc6c6sc7ccccc7c6c54)nc4sc5ccccc5c34)c2)cc1. The molecular formula is C100H58ClN6S4+. The van der Waals surface area contributed by atoms with Crippen LogP contribution in [0.5, 0.6) is 0 Å². The van der Waals surface area contributed by atoms with Gasteiger partial charge in [0.2, 0.25) is 11.2 Å². The minimum Gasteiger partial charge on any atom is -0.300 e. The molecule has 0 saturated carbocycles. The first-order valence-corrected chi connectivity index (χ1v) is 40.6. The molecule has 0 saturated heterocycles. The highest BCUT2D eigenvalue weighted by atomic mass is 35.5. The third-order valence-corrected chi connectivity index (χ3v) is 26.3. The Labute approximate surface area is 657 Å². The van der Waals surface area contributed by atoms with Gasteiger partial charge in [0, 0.05) is 115 Å². The van der Waals surface area contributed by atoms with Crippen LogP contribution in [0.4, 0.5) is 0 Å². The van der Waals surface area contributed by atoms with Crippen molar-refractivity contribution in [2.24, 2.45) is 0 Å². The van der Waals surface area contributed by atoms with Gasteiger partial charge in [0.05, 0.1) is 34.0 Å². The first-order chi connectivity index (χ1) is 55.0. The molecule has 0 radical (unpaired) electrons. The van der Waals surface area contributed by atoms with E-state index in [0.717, 1.165) is 98.4 Å². The molecular weight excluding hydrogens is 1450 g/mol. The van der Waals surface area contributed by atoms with Crippen molar-refractivity contribution in [2.75, 3.05) is 0 Å². The summed E-state index contributed by atoms with van der Waals surface area (Å²) in [5, 5.41) is 18.9. The summed E-state index contributed by atoms with van der Waals surface area (Å²) in [6, 6.07) is 117. The molecule has 1 aliphatic rings. The van der Waals surface area contributed by atoms with Crippen molar-refractivity contribution in [1.82, 2.24) is 29.5 Å². The topological polar surface area (TPSA) is 72.3 Å². The molecule has 0 bridgehead atoms. The Morgan fingerprint density at radius 2 is 0.685 bits per heavy atom. The number of fused-ring (bicyclic) bond motifs is 26. The number of para-hydroxylation sites is 1. The fourth-order valence-electron chi connectivity index (χ4n) is 16.7. The highest BCUT2D eigenvalue weighted by Gasteiger charge is 2.28. The number of rotatable bonds is 7. The summed E-state index contributed by atoms with van der Waals surface area (Å²) in [7, 11) is 0. The molecule has 0 fully saturated rings.